The number of carbonyl (C=O) groups excluding carboxylic acids is 2. The molecule has 0 aromatic heterocycles. The van der Waals surface area contributed by atoms with E-state index in [9.17, 15) is 35.1 Å². The molecule has 11 heteroatoms. The molecule has 0 aromatic carbocycles. The topological polar surface area (TPSA) is 175 Å². The number of carbonyl (C=O) groups is 2. The van der Waals surface area contributed by atoms with Gasteiger partial charge in [-0.3, -0.25) is 9.59 Å². The van der Waals surface area contributed by atoms with Crippen LogP contribution in [0.4, 0.5) is 0 Å². The molecule has 0 aromatic rings. The number of hydrogen-bond acceptors (Lipinski definition) is 10. The summed E-state index contributed by atoms with van der Waals surface area (Å²) < 4.78 is 17.7. The van der Waals surface area contributed by atoms with E-state index in [0.29, 0.717) is 12.8 Å². The van der Waals surface area contributed by atoms with E-state index in [0.717, 1.165) is 70.6 Å². The molecular formula is C72H137NO10. The van der Waals surface area contributed by atoms with E-state index in [-0.39, 0.29) is 19.4 Å². The predicted octanol–water partition coefficient (Wildman–Crippen LogP) is 18.4. The van der Waals surface area contributed by atoms with E-state index in [1.807, 2.05) is 6.08 Å². The Balaban J connectivity index is 2.55. The van der Waals surface area contributed by atoms with Gasteiger partial charge in [0.25, 0.3) is 0 Å². The molecule has 1 amide bonds. The molecule has 1 aliphatic rings. The van der Waals surface area contributed by atoms with Crippen molar-refractivity contribution >= 4 is 11.9 Å². The molecule has 0 spiro atoms. The van der Waals surface area contributed by atoms with Crippen molar-refractivity contribution in [1.29, 1.82) is 0 Å². The lowest BCUT2D eigenvalue weighted by Crippen LogP contribution is -2.61. The molecule has 8 atom stereocenters. The van der Waals surface area contributed by atoms with E-state index >= 15 is 0 Å². The van der Waals surface area contributed by atoms with E-state index in [1.54, 1.807) is 6.08 Å². The Kier molecular flexibility index (Phi) is 57.6. The molecule has 83 heavy (non-hydrogen) atoms. The van der Waals surface area contributed by atoms with Gasteiger partial charge < -0.3 is 45.1 Å². The maximum Gasteiger partial charge on any atom is 0.306 e. The quantitative estimate of drug-likeness (QED) is 0.0195. The van der Waals surface area contributed by atoms with Crippen LogP contribution >= 0.6 is 0 Å². The highest BCUT2D eigenvalue weighted by molar-refractivity contribution is 5.80. The number of amides is 1. The zero-order valence-corrected chi connectivity index (χ0v) is 54.6. The van der Waals surface area contributed by atoms with Crippen LogP contribution in [0, 0.1) is 0 Å². The summed E-state index contributed by atoms with van der Waals surface area (Å²) in [6.45, 7) is 5.84. The number of allylic oxidation sites excluding steroid dienone is 3. The van der Waals surface area contributed by atoms with Crippen molar-refractivity contribution in [2.75, 3.05) is 13.2 Å². The highest BCUT2D eigenvalue weighted by Gasteiger charge is 2.47. The second kappa shape index (κ2) is 60.4. The zero-order valence-electron chi connectivity index (χ0n) is 54.6. The van der Waals surface area contributed by atoms with Crippen molar-refractivity contribution in [3.05, 3.63) is 24.3 Å². The van der Waals surface area contributed by atoms with Crippen molar-refractivity contribution in [3.63, 3.8) is 0 Å². The summed E-state index contributed by atoms with van der Waals surface area (Å²) in [6, 6.07) is -1.02. The zero-order chi connectivity index (χ0) is 60.3. The average molecular weight is 1180 g/mol. The van der Waals surface area contributed by atoms with Gasteiger partial charge in [0.1, 0.15) is 24.4 Å². The molecule has 8 unspecified atom stereocenters. The van der Waals surface area contributed by atoms with Gasteiger partial charge in [-0.1, -0.05) is 328 Å². The van der Waals surface area contributed by atoms with Gasteiger partial charge in [0, 0.05) is 6.42 Å². The Bertz CT molecular complexity index is 1450. The van der Waals surface area contributed by atoms with Crippen LogP contribution in [-0.2, 0) is 23.8 Å². The van der Waals surface area contributed by atoms with Crippen molar-refractivity contribution in [2.24, 2.45) is 0 Å². The summed E-state index contributed by atoms with van der Waals surface area (Å²) in [6.07, 6.45) is 62.3. The molecule has 6 N–H and O–H groups in total. The molecule has 0 aliphatic carbocycles. The van der Waals surface area contributed by atoms with Gasteiger partial charge in [-0.2, -0.15) is 0 Å². The Morgan fingerprint density at radius 1 is 0.458 bits per heavy atom. The van der Waals surface area contributed by atoms with Crippen molar-refractivity contribution in [3.8, 4) is 0 Å². The number of hydrogen-bond donors (Lipinski definition) is 6. The third-order valence-corrected chi connectivity index (χ3v) is 17.4. The monoisotopic (exact) mass is 1180 g/mol. The highest BCUT2D eigenvalue weighted by Crippen LogP contribution is 2.26. The van der Waals surface area contributed by atoms with Crippen LogP contribution in [0.2, 0.25) is 0 Å². The van der Waals surface area contributed by atoms with Crippen LogP contribution in [0.15, 0.2) is 24.3 Å². The third kappa shape index (κ3) is 47.8. The fourth-order valence-electron chi connectivity index (χ4n) is 11.7. The normalized spacial score (nSPS) is 18.6. The van der Waals surface area contributed by atoms with E-state index in [4.69, 9.17) is 14.2 Å². The SMILES string of the molecule is CCCCCCCC/C=C/CCCCCCCCC(O)C(=O)NC(COC1OC(CO)C(O)C(O)C1OC(=O)CCCCCCCCCCCCCCCCCCCCCCCCCCC)C(O)/C=C/CCCCCCCCCCCCC. The first-order valence-electron chi connectivity index (χ1n) is 36.1. The number of aliphatic hydroxyl groups excluding tert-OH is 5. The number of rotatable bonds is 63. The number of unbranched alkanes of at least 4 members (excludes halogenated alkanes) is 47. The fraction of sp³-hybridized carbons (Fsp3) is 0.917. The van der Waals surface area contributed by atoms with Gasteiger partial charge in [0.05, 0.1) is 25.4 Å². The number of esters is 1. The van der Waals surface area contributed by atoms with Crippen LogP contribution in [0.25, 0.3) is 0 Å². The molecule has 1 saturated heterocycles. The van der Waals surface area contributed by atoms with Crippen LogP contribution in [0.5, 0.6) is 0 Å². The lowest BCUT2D eigenvalue weighted by atomic mass is 9.99. The molecule has 0 bridgehead atoms. The van der Waals surface area contributed by atoms with E-state index in [2.05, 4.69) is 38.2 Å². The standard InChI is InChI=1S/C72H137NO10/c1-4-7-10-13-16-19-22-25-27-29-30-31-32-33-34-35-36-37-39-42-45-48-51-54-57-60-67(77)83-70-69(79)68(78)66(61-74)82-72(70)81-62-63(64(75)58-55-52-49-46-43-40-24-21-18-15-12-9-6-3)73-71(80)65(76)59-56-53-50-47-44-41-38-28-26-23-20-17-14-11-8-5-2/h26,28,55,58,63-66,68-70,72,74-76,78-79H,4-25,27,29-54,56-57,59-62H2,1-3H3,(H,73,80)/b28-26+,58-55+. The largest absolute Gasteiger partial charge is 0.454 e. The Hall–Kier alpha value is -1.86. The summed E-state index contributed by atoms with van der Waals surface area (Å²) in [5.74, 6) is -1.18. The van der Waals surface area contributed by atoms with Crippen molar-refractivity contribution in [1.82, 2.24) is 5.32 Å². The average Bonchev–Trinajstić information content (AvgIpc) is 3.67. The minimum Gasteiger partial charge on any atom is -0.454 e. The van der Waals surface area contributed by atoms with Gasteiger partial charge in [-0.25, -0.2) is 0 Å². The van der Waals surface area contributed by atoms with Gasteiger partial charge >= 0.3 is 5.97 Å². The Morgan fingerprint density at radius 2 is 0.795 bits per heavy atom. The molecule has 0 radical (unpaired) electrons. The molecule has 490 valence electrons. The maximum atomic E-state index is 13.5. The molecule has 11 nitrogen and oxygen atoms in total. The second-order valence-electron chi connectivity index (χ2n) is 25.3. The van der Waals surface area contributed by atoms with E-state index in [1.165, 1.54) is 244 Å². The van der Waals surface area contributed by atoms with Crippen LogP contribution < -0.4 is 5.32 Å². The summed E-state index contributed by atoms with van der Waals surface area (Å²) in [7, 11) is 0. The minimum atomic E-state index is -1.61. The highest BCUT2D eigenvalue weighted by atomic mass is 16.7. The summed E-state index contributed by atoms with van der Waals surface area (Å²) >= 11 is 0. The molecular weight excluding hydrogens is 1040 g/mol. The summed E-state index contributed by atoms with van der Waals surface area (Å²) in [4.78, 5) is 26.7. The fourth-order valence-corrected chi connectivity index (χ4v) is 11.7. The maximum absolute atomic E-state index is 13.5. The first-order chi connectivity index (χ1) is 40.7. The lowest BCUT2D eigenvalue weighted by Gasteiger charge is -2.41. The van der Waals surface area contributed by atoms with Gasteiger partial charge in [-0.15, -0.1) is 0 Å². The van der Waals surface area contributed by atoms with Gasteiger partial charge in [-0.05, 0) is 51.4 Å². The number of nitrogens with one attached hydrogen (secondary N) is 1. The third-order valence-electron chi connectivity index (χ3n) is 17.4. The smallest absolute Gasteiger partial charge is 0.306 e. The Labute approximate surface area is 511 Å². The number of ether oxygens (including phenoxy) is 3. The van der Waals surface area contributed by atoms with E-state index < -0.39 is 67.4 Å². The minimum absolute atomic E-state index is 0.130. The molecule has 1 rings (SSSR count). The first-order valence-corrected chi connectivity index (χ1v) is 36.1. The van der Waals surface area contributed by atoms with Crippen molar-refractivity contribution < 1.29 is 49.3 Å². The summed E-state index contributed by atoms with van der Waals surface area (Å²) in [5, 5.41) is 57.2. The first kappa shape index (κ1) is 79.2. The van der Waals surface area contributed by atoms with Crippen LogP contribution in [0.3, 0.4) is 0 Å². The summed E-state index contributed by atoms with van der Waals surface area (Å²) in [5.41, 5.74) is 0. The van der Waals surface area contributed by atoms with Crippen LogP contribution in [0.1, 0.15) is 361 Å². The number of aliphatic hydroxyl groups is 5. The van der Waals surface area contributed by atoms with Crippen molar-refractivity contribution in [2.45, 2.75) is 410 Å². The molecule has 0 saturated carbocycles. The Morgan fingerprint density at radius 3 is 1.17 bits per heavy atom. The predicted molar refractivity (Wildman–Crippen MR) is 348 cm³/mol. The molecule has 1 fully saturated rings. The van der Waals surface area contributed by atoms with Gasteiger partial charge in [0.15, 0.2) is 12.4 Å². The second-order valence-corrected chi connectivity index (χ2v) is 25.3. The molecule has 1 aliphatic heterocycles. The molecule has 1 heterocycles. The van der Waals surface area contributed by atoms with Gasteiger partial charge in [0.2, 0.25) is 5.91 Å². The lowest BCUT2D eigenvalue weighted by molar-refractivity contribution is -0.305. The van der Waals surface area contributed by atoms with Crippen LogP contribution in [-0.4, -0.2) is 99.6 Å².